The highest BCUT2D eigenvalue weighted by molar-refractivity contribution is 5.67. The average Bonchev–Trinajstić information content (AvgIpc) is 2.30. The van der Waals surface area contributed by atoms with E-state index in [0.29, 0.717) is 0 Å². The van der Waals surface area contributed by atoms with Crippen molar-refractivity contribution >= 4 is 11.7 Å². The van der Waals surface area contributed by atoms with Crippen LogP contribution >= 0.6 is 0 Å². The highest BCUT2D eigenvalue weighted by Crippen LogP contribution is 2.25. The maximum Gasteiger partial charge on any atom is 0.303 e. The van der Waals surface area contributed by atoms with Gasteiger partial charge in [-0.1, -0.05) is 0 Å². The molecule has 2 rings (SSSR count). The van der Waals surface area contributed by atoms with Gasteiger partial charge < -0.3 is 10.0 Å². The van der Waals surface area contributed by atoms with Crippen molar-refractivity contribution in [1.29, 1.82) is 0 Å². The van der Waals surface area contributed by atoms with Crippen LogP contribution in [-0.4, -0.2) is 24.2 Å². The summed E-state index contributed by atoms with van der Waals surface area (Å²) in [5.41, 5.74) is 1.01. The molecule has 0 aliphatic carbocycles. The highest BCUT2D eigenvalue weighted by Gasteiger charge is 2.21. The van der Waals surface area contributed by atoms with E-state index < -0.39 is 5.97 Å². The van der Waals surface area contributed by atoms with E-state index in [1.165, 1.54) is 12.1 Å². The first-order valence-corrected chi connectivity index (χ1v) is 5.87. The van der Waals surface area contributed by atoms with E-state index in [1.807, 2.05) is 0 Å². The van der Waals surface area contributed by atoms with Crippen molar-refractivity contribution in [3.63, 3.8) is 0 Å². The number of benzene rings is 1. The SMILES string of the molecule is O=C(O)CC1CCN(c2ccc(F)cc2)CC1. The van der Waals surface area contributed by atoms with Gasteiger partial charge in [-0.05, 0) is 43.0 Å². The molecule has 0 aromatic heterocycles. The summed E-state index contributed by atoms with van der Waals surface area (Å²) >= 11 is 0. The second-order valence-corrected chi connectivity index (χ2v) is 4.50. The number of hydrogen-bond donors (Lipinski definition) is 1. The molecule has 1 aliphatic rings. The molecule has 17 heavy (non-hydrogen) atoms. The number of carboxylic acids is 1. The number of carbonyl (C=O) groups is 1. The molecular formula is C13H16FNO2. The third-order valence-electron chi connectivity index (χ3n) is 3.27. The first-order chi connectivity index (χ1) is 8.15. The van der Waals surface area contributed by atoms with E-state index in [9.17, 15) is 9.18 Å². The molecule has 0 atom stereocenters. The molecular weight excluding hydrogens is 221 g/mol. The topological polar surface area (TPSA) is 40.5 Å². The summed E-state index contributed by atoms with van der Waals surface area (Å²) in [6.07, 6.45) is 2.05. The van der Waals surface area contributed by atoms with Gasteiger partial charge in [0.1, 0.15) is 5.82 Å². The van der Waals surface area contributed by atoms with E-state index in [1.54, 1.807) is 12.1 Å². The van der Waals surface area contributed by atoms with Gasteiger partial charge in [-0.15, -0.1) is 0 Å². The number of carboxylic acid groups (broad SMARTS) is 1. The van der Waals surface area contributed by atoms with E-state index in [4.69, 9.17) is 5.11 Å². The number of rotatable bonds is 3. The molecule has 92 valence electrons. The Kier molecular flexibility index (Phi) is 3.61. The van der Waals surface area contributed by atoms with Crippen LogP contribution in [0.1, 0.15) is 19.3 Å². The fraction of sp³-hybridized carbons (Fsp3) is 0.462. The summed E-state index contributed by atoms with van der Waals surface area (Å²) in [4.78, 5) is 12.8. The van der Waals surface area contributed by atoms with Gasteiger partial charge in [-0.25, -0.2) is 4.39 Å². The van der Waals surface area contributed by atoms with Crippen LogP contribution in [0.5, 0.6) is 0 Å². The molecule has 0 unspecified atom stereocenters. The minimum absolute atomic E-state index is 0.227. The molecule has 0 bridgehead atoms. The molecule has 1 aromatic rings. The first kappa shape index (κ1) is 11.9. The second-order valence-electron chi connectivity index (χ2n) is 4.50. The third kappa shape index (κ3) is 3.19. The second kappa shape index (κ2) is 5.17. The Bertz CT molecular complexity index is 383. The fourth-order valence-electron chi connectivity index (χ4n) is 2.29. The summed E-state index contributed by atoms with van der Waals surface area (Å²) in [6.45, 7) is 1.70. The lowest BCUT2D eigenvalue weighted by Crippen LogP contribution is -2.34. The van der Waals surface area contributed by atoms with Crippen LogP contribution in [0.3, 0.4) is 0 Å². The van der Waals surface area contributed by atoms with Crippen LogP contribution in [0.4, 0.5) is 10.1 Å². The Labute approximate surface area is 99.9 Å². The Morgan fingerprint density at radius 2 is 1.88 bits per heavy atom. The van der Waals surface area contributed by atoms with Gasteiger partial charge in [-0.2, -0.15) is 0 Å². The van der Waals surface area contributed by atoms with Crippen molar-refractivity contribution < 1.29 is 14.3 Å². The smallest absolute Gasteiger partial charge is 0.303 e. The van der Waals surface area contributed by atoms with E-state index in [-0.39, 0.29) is 18.2 Å². The van der Waals surface area contributed by atoms with Crippen molar-refractivity contribution in [2.45, 2.75) is 19.3 Å². The normalized spacial score (nSPS) is 17.1. The van der Waals surface area contributed by atoms with Crippen LogP contribution in [0.2, 0.25) is 0 Å². The van der Waals surface area contributed by atoms with Crippen LogP contribution in [-0.2, 0) is 4.79 Å². The molecule has 1 N–H and O–H groups in total. The molecule has 3 nitrogen and oxygen atoms in total. The first-order valence-electron chi connectivity index (χ1n) is 5.87. The Morgan fingerprint density at radius 3 is 2.41 bits per heavy atom. The molecule has 1 saturated heterocycles. The zero-order valence-corrected chi connectivity index (χ0v) is 9.60. The summed E-state index contributed by atoms with van der Waals surface area (Å²) in [5.74, 6) is -0.663. The van der Waals surface area contributed by atoms with Crippen LogP contribution in [0.25, 0.3) is 0 Å². The summed E-state index contributed by atoms with van der Waals surface area (Å²) in [6, 6.07) is 6.46. The maximum absolute atomic E-state index is 12.8. The minimum Gasteiger partial charge on any atom is -0.481 e. The number of nitrogens with zero attached hydrogens (tertiary/aromatic N) is 1. The van der Waals surface area contributed by atoms with Gasteiger partial charge in [-0.3, -0.25) is 4.79 Å². The minimum atomic E-state index is -0.717. The van der Waals surface area contributed by atoms with Gasteiger partial charge >= 0.3 is 5.97 Å². The zero-order chi connectivity index (χ0) is 12.3. The van der Waals surface area contributed by atoms with Crippen LogP contribution in [0, 0.1) is 11.7 Å². The van der Waals surface area contributed by atoms with Gasteiger partial charge in [0.25, 0.3) is 0 Å². The molecule has 4 heteroatoms. The van der Waals surface area contributed by atoms with Gasteiger partial charge in [0.15, 0.2) is 0 Å². The quantitative estimate of drug-likeness (QED) is 0.878. The molecule has 0 radical (unpaired) electrons. The average molecular weight is 237 g/mol. The Balaban J connectivity index is 1.90. The van der Waals surface area contributed by atoms with E-state index >= 15 is 0 Å². The zero-order valence-electron chi connectivity index (χ0n) is 9.60. The fourth-order valence-corrected chi connectivity index (χ4v) is 2.29. The van der Waals surface area contributed by atoms with Crippen molar-refractivity contribution in [2.75, 3.05) is 18.0 Å². The van der Waals surface area contributed by atoms with Gasteiger partial charge in [0, 0.05) is 25.2 Å². The molecule has 1 heterocycles. The van der Waals surface area contributed by atoms with Crippen molar-refractivity contribution in [2.24, 2.45) is 5.92 Å². The highest BCUT2D eigenvalue weighted by atomic mass is 19.1. The summed E-state index contributed by atoms with van der Waals surface area (Å²) in [7, 11) is 0. The molecule has 0 spiro atoms. The van der Waals surface area contributed by atoms with Crippen molar-refractivity contribution in [3.05, 3.63) is 30.1 Å². The van der Waals surface area contributed by atoms with Crippen molar-refractivity contribution in [3.8, 4) is 0 Å². The third-order valence-corrected chi connectivity index (χ3v) is 3.27. The lowest BCUT2D eigenvalue weighted by molar-refractivity contribution is -0.138. The Morgan fingerprint density at radius 1 is 1.29 bits per heavy atom. The summed E-state index contributed by atoms with van der Waals surface area (Å²) in [5, 5.41) is 8.72. The summed E-state index contributed by atoms with van der Waals surface area (Å²) < 4.78 is 12.8. The van der Waals surface area contributed by atoms with Gasteiger partial charge in [0.05, 0.1) is 0 Å². The molecule has 0 amide bonds. The monoisotopic (exact) mass is 237 g/mol. The number of anilines is 1. The number of hydrogen-bond acceptors (Lipinski definition) is 2. The lowest BCUT2D eigenvalue weighted by atomic mass is 9.93. The Hall–Kier alpha value is -1.58. The lowest BCUT2D eigenvalue weighted by Gasteiger charge is -2.33. The maximum atomic E-state index is 12.8. The number of aliphatic carboxylic acids is 1. The largest absolute Gasteiger partial charge is 0.481 e. The molecule has 1 aromatic carbocycles. The van der Waals surface area contributed by atoms with Crippen LogP contribution in [0.15, 0.2) is 24.3 Å². The van der Waals surface area contributed by atoms with Gasteiger partial charge in [0.2, 0.25) is 0 Å². The van der Waals surface area contributed by atoms with E-state index in [0.717, 1.165) is 31.6 Å². The predicted molar refractivity (Wildman–Crippen MR) is 63.6 cm³/mol. The standard InChI is InChI=1S/C13H16FNO2/c14-11-1-3-12(4-2-11)15-7-5-10(6-8-15)9-13(16)17/h1-4,10H,5-9H2,(H,16,17). The number of halogens is 1. The molecule has 1 fully saturated rings. The molecule has 0 saturated carbocycles. The van der Waals surface area contributed by atoms with Crippen molar-refractivity contribution in [1.82, 2.24) is 0 Å². The van der Waals surface area contributed by atoms with Crippen LogP contribution < -0.4 is 4.90 Å². The van der Waals surface area contributed by atoms with E-state index in [2.05, 4.69) is 4.90 Å². The molecule has 1 aliphatic heterocycles. The number of piperidine rings is 1. The predicted octanol–water partition coefficient (Wildman–Crippen LogP) is 2.52.